The van der Waals surface area contributed by atoms with Crippen molar-refractivity contribution in [2.24, 2.45) is 0 Å². The summed E-state index contributed by atoms with van der Waals surface area (Å²) in [7, 11) is 0. The van der Waals surface area contributed by atoms with Crippen LogP contribution in [0.15, 0.2) is 18.2 Å². The normalized spacial score (nSPS) is 14.5. The first kappa shape index (κ1) is 16.2. The fourth-order valence-electron chi connectivity index (χ4n) is 2.28. The molecule has 21 heavy (non-hydrogen) atoms. The van der Waals surface area contributed by atoms with Crippen molar-refractivity contribution in [2.45, 2.75) is 71.6 Å². The number of ether oxygens (including phenoxy) is 2. The Labute approximate surface area is 129 Å². The van der Waals surface area contributed by atoms with E-state index in [2.05, 4.69) is 44.3 Å². The van der Waals surface area contributed by atoms with Crippen LogP contribution >= 0.6 is 0 Å². The van der Waals surface area contributed by atoms with Crippen molar-refractivity contribution in [3.05, 3.63) is 23.8 Å². The number of rotatable bonds is 10. The molecule has 118 valence electrons. The highest BCUT2D eigenvalue weighted by Gasteiger charge is 2.21. The van der Waals surface area contributed by atoms with Crippen molar-refractivity contribution < 1.29 is 9.47 Å². The molecular weight excluding hydrogens is 262 g/mol. The van der Waals surface area contributed by atoms with Crippen LogP contribution in [0.4, 0.5) is 0 Å². The molecule has 0 aliphatic heterocycles. The fraction of sp³-hybridized carbons (Fsp3) is 0.667. The summed E-state index contributed by atoms with van der Waals surface area (Å²) < 4.78 is 11.9. The molecule has 1 fully saturated rings. The molecule has 1 aromatic rings. The Kier molecular flexibility index (Phi) is 6.37. The molecule has 3 heteroatoms. The minimum Gasteiger partial charge on any atom is -0.493 e. The van der Waals surface area contributed by atoms with Gasteiger partial charge in [0.15, 0.2) is 0 Å². The van der Waals surface area contributed by atoms with E-state index in [4.69, 9.17) is 9.47 Å². The van der Waals surface area contributed by atoms with Crippen LogP contribution < -0.4 is 14.8 Å². The number of benzene rings is 1. The van der Waals surface area contributed by atoms with Crippen molar-refractivity contribution in [1.29, 1.82) is 0 Å². The molecule has 2 rings (SSSR count). The maximum atomic E-state index is 6.20. The molecule has 0 atom stereocenters. The summed E-state index contributed by atoms with van der Waals surface area (Å²) in [5, 5.41) is 3.56. The molecule has 0 bridgehead atoms. The van der Waals surface area contributed by atoms with Crippen molar-refractivity contribution >= 4 is 0 Å². The minimum atomic E-state index is 0.283. The van der Waals surface area contributed by atoms with Gasteiger partial charge >= 0.3 is 0 Å². The van der Waals surface area contributed by atoms with Crippen molar-refractivity contribution in [3.8, 4) is 11.5 Å². The van der Waals surface area contributed by atoms with Crippen LogP contribution in [0.5, 0.6) is 11.5 Å². The predicted octanol–water partition coefficient (Wildman–Crippen LogP) is 4.29. The second-order valence-corrected chi connectivity index (χ2v) is 5.83. The molecule has 1 saturated carbocycles. The van der Waals surface area contributed by atoms with Gasteiger partial charge in [-0.05, 0) is 38.2 Å². The van der Waals surface area contributed by atoms with E-state index < -0.39 is 0 Å². The van der Waals surface area contributed by atoms with Gasteiger partial charge in [0.1, 0.15) is 11.5 Å². The van der Waals surface area contributed by atoms with Gasteiger partial charge in [0.25, 0.3) is 0 Å². The predicted molar refractivity (Wildman–Crippen MR) is 87.1 cm³/mol. The first-order valence-electron chi connectivity index (χ1n) is 8.42. The molecular formula is C18H29NO2. The number of hydrogen-bond acceptors (Lipinski definition) is 3. The zero-order valence-electron chi connectivity index (χ0n) is 13.7. The highest BCUT2D eigenvalue weighted by molar-refractivity contribution is 5.41. The minimum absolute atomic E-state index is 0.283. The number of hydrogen-bond donors (Lipinski definition) is 1. The van der Waals surface area contributed by atoms with Crippen molar-refractivity contribution in [2.75, 3.05) is 6.61 Å². The fourth-order valence-corrected chi connectivity index (χ4v) is 2.28. The third kappa shape index (κ3) is 5.24. The van der Waals surface area contributed by atoms with Gasteiger partial charge in [-0.15, -0.1) is 0 Å². The Morgan fingerprint density at radius 2 is 1.95 bits per heavy atom. The van der Waals surface area contributed by atoms with Gasteiger partial charge in [0, 0.05) is 24.2 Å². The van der Waals surface area contributed by atoms with Crippen LogP contribution in [0.3, 0.4) is 0 Å². The maximum Gasteiger partial charge on any atom is 0.127 e. The number of nitrogens with one attached hydrogen (secondary N) is 1. The van der Waals surface area contributed by atoms with Crippen LogP contribution in [0.25, 0.3) is 0 Å². The Balaban J connectivity index is 2.07. The third-order valence-corrected chi connectivity index (χ3v) is 3.87. The molecule has 0 heterocycles. The van der Waals surface area contributed by atoms with E-state index in [0.29, 0.717) is 6.04 Å². The highest BCUT2D eigenvalue weighted by atomic mass is 16.5. The van der Waals surface area contributed by atoms with Gasteiger partial charge < -0.3 is 14.8 Å². The standard InChI is InChI=1S/C18H29NO2/c1-4-11-20-17-10-7-14(13-19-15-8-9-15)18(12-17)21-16(5-2)6-3/h7,10,12,15-16,19H,4-6,8-9,11,13H2,1-3H3. The molecule has 1 aliphatic carbocycles. The lowest BCUT2D eigenvalue weighted by Gasteiger charge is -2.19. The summed E-state index contributed by atoms with van der Waals surface area (Å²) in [6.07, 6.45) is 5.98. The summed E-state index contributed by atoms with van der Waals surface area (Å²) >= 11 is 0. The largest absolute Gasteiger partial charge is 0.493 e. The third-order valence-electron chi connectivity index (χ3n) is 3.87. The summed E-state index contributed by atoms with van der Waals surface area (Å²) in [5.74, 6) is 1.89. The van der Waals surface area contributed by atoms with E-state index in [1.165, 1.54) is 18.4 Å². The van der Waals surface area contributed by atoms with Crippen molar-refractivity contribution in [3.63, 3.8) is 0 Å². The van der Waals surface area contributed by atoms with E-state index in [-0.39, 0.29) is 6.10 Å². The van der Waals surface area contributed by atoms with Crippen LogP contribution in [0.2, 0.25) is 0 Å². The lowest BCUT2D eigenvalue weighted by Crippen LogP contribution is -2.19. The molecule has 0 amide bonds. The Morgan fingerprint density at radius 3 is 2.57 bits per heavy atom. The summed E-state index contributed by atoms with van der Waals surface area (Å²) in [6.45, 7) is 8.11. The molecule has 0 saturated heterocycles. The average molecular weight is 291 g/mol. The molecule has 3 nitrogen and oxygen atoms in total. The van der Waals surface area contributed by atoms with Gasteiger partial charge in [-0.25, -0.2) is 0 Å². The Bertz CT molecular complexity index is 425. The molecule has 0 radical (unpaired) electrons. The van der Waals surface area contributed by atoms with E-state index in [9.17, 15) is 0 Å². The zero-order valence-corrected chi connectivity index (χ0v) is 13.7. The van der Waals surface area contributed by atoms with Gasteiger partial charge in [-0.2, -0.15) is 0 Å². The second-order valence-electron chi connectivity index (χ2n) is 5.83. The first-order chi connectivity index (χ1) is 10.3. The Hall–Kier alpha value is -1.22. The SMILES string of the molecule is CCCOc1ccc(CNC2CC2)c(OC(CC)CC)c1. The van der Waals surface area contributed by atoms with Gasteiger partial charge in [0.05, 0.1) is 12.7 Å². The average Bonchev–Trinajstić information content (AvgIpc) is 3.33. The van der Waals surface area contributed by atoms with Gasteiger partial charge in [-0.3, -0.25) is 0 Å². The molecule has 0 spiro atoms. The zero-order chi connectivity index (χ0) is 15.1. The van der Waals surface area contributed by atoms with Crippen LogP contribution in [-0.4, -0.2) is 18.8 Å². The monoisotopic (exact) mass is 291 g/mol. The maximum absolute atomic E-state index is 6.20. The summed E-state index contributed by atoms with van der Waals surface area (Å²) in [6, 6.07) is 6.96. The quantitative estimate of drug-likeness (QED) is 0.697. The molecule has 1 aromatic carbocycles. The summed E-state index contributed by atoms with van der Waals surface area (Å²) in [4.78, 5) is 0. The van der Waals surface area contributed by atoms with Crippen molar-refractivity contribution in [1.82, 2.24) is 5.32 Å². The van der Waals surface area contributed by atoms with Crippen LogP contribution in [0, 0.1) is 0 Å². The van der Waals surface area contributed by atoms with Crippen LogP contribution in [0.1, 0.15) is 58.4 Å². The second kappa shape index (κ2) is 8.28. The Morgan fingerprint density at radius 1 is 1.19 bits per heavy atom. The topological polar surface area (TPSA) is 30.5 Å². The van der Waals surface area contributed by atoms with Gasteiger partial charge in [0.2, 0.25) is 0 Å². The first-order valence-corrected chi connectivity index (χ1v) is 8.42. The molecule has 1 aliphatic rings. The molecule has 0 aromatic heterocycles. The van der Waals surface area contributed by atoms with E-state index in [1.807, 2.05) is 0 Å². The lowest BCUT2D eigenvalue weighted by atomic mass is 10.1. The lowest BCUT2D eigenvalue weighted by molar-refractivity contribution is 0.189. The highest BCUT2D eigenvalue weighted by Crippen LogP contribution is 2.28. The van der Waals surface area contributed by atoms with Crippen LogP contribution in [-0.2, 0) is 6.54 Å². The van der Waals surface area contributed by atoms with E-state index >= 15 is 0 Å². The smallest absolute Gasteiger partial charge is 0.127 e. The summed E-state index contributed by atoms with van der Waals surface area (Å²) in [5.41, 5.74) is 1.23. The molecule has 0 unspecified atom stereocenters. The molecule has 1 N–H and O–H groups in total. The van der Waals surface area contributed by atoms with Gasteiger partial charge in [-0.1, -0.05) is 26.8 Å². The van der Waals surface area contributed by atoms with E-state index in [0.717, 1.165) is 43.9 Å². The van der Waals surface area contributed by atoms with E-state index in [1.54, 1.807) is 0 Å².